The molecule has 9 nitrogen and oxygen atoms in total. The summed E-state index contributed by atoms with van der Waals surface area (Å²) >= 11 is 0. The molecule has 1 unspecified atom stereocenters. The van der Waals surface area contributed by atoms with Gasteiger partial charge in [-0.15, -0.1) is 0 Å². The molecule has 0 aliphatic rings. The molecule has 1 heterocycles. The van der Waals surface area contributed by atoms with Crippen molar-refractivity contribution in [1.29, 1.82) is 0 Å². The summed E-state index contributed by atoms with van der Waals surface area (Å²) in [6, 6.07) is 14.6. The summed E-state index contributed by atoms with van der Waals surface area (Å²) in [4.78, 5) is 24.4. The second-order valence-electron chi connectivity index (χ2n) is 7.07. The predicted molar refractivity (Wildman–Crippen MR) is 115 cm³/mol. The molecule has 0 saturated carbocycles. The number of hydrogen-bond acceptors (Lipinski definition) is 6. The van der Waals surface area contributed by atoms with Gasteiger partial charge in [0.15, 0.2) is 20.6 Å². The van der Waals surface area contributed by atoms with Gasteiger partial charge >= 0.3 is 5.97 Å². The molecule has 3 aromatic rings. The number of carbonyl (C=O) groups is 2. The number of nitrogen functional groups attached to an aromatic ring is 1. The van der Waals surface area contributed by atoms with Crippen molar-refractivity contribution in [3.63, 3.8) is 0 Å². The van der Waals surface area contributed by atoms with Crippen LogP contribution in [0.4, 0.5) is 5.69 Å². The minimum atomic E-state index is -3.83. The number of aromatic nitrogens is 2. The molecule has 0 aliphatic heterocycles. The van der Waals surface area contributed by atoms with Crippen molar-refractivity contribution in [3.8, 4) is 5.69 Å². The number of anilines is 1. The van der Waals surface area contributed by atoms with Gasteiger partial charge in [-0.25, -0.2) is 13.1 Å². The van der Waals surface area contributed by atoms with Crippen LogP contribution in [0, 0.1) is 6.92 Å². The Morgan fingerprint density at radius 1 is 1.13 bits per heavy atom. The summed E-state index contributed by atoms with van der Waals surface area (Å²) < 4.78 is 25.8. The zero-order valence-electron chi connectivity index (χ0n) is 16.9. The Hall–Kier alpha value is -3.66. The van der Waals surface area contributed by atoms with Crippen molar-refractivity contribution in [2.45, 2.75) is 24.4 Å². The first kappa shape index (κ1) is 22.0. The summed E-state index contributed by atoms with van der Waals surface area (Å²) in [7, 11) is -3.83. The molecular formula is C21H22N4O5S. The maximum Gasteiger partial charge on any atom is 0.305 e. The van der Waals surface area contributed by atoms with E-state index in [0.717, 1.165) is 16.5 Å². The van der Waals surface area contributed by atoms with Crippen LogP contribution in [-0.4, -0.2) is 41.4 Å². The fraction of sp³-hybridized carbons (Fsp3) is 0.190. The molecular weight excluding hydrogens is 420 g/mol. The number of carboxylic acids is 1. The van der Waals surface area contributed by atoms with Gasteiger partial charge in [0.25, 0.3) is 5.91 Å². The minimum Gasteiger partial charge on any atom is -0.481 e. The van der Waals surface area contributed by atoms with Crippen molar-refractivity contribution in [3.05, 3.63) is 71.4 Å². The third-order valence-corrected chi connectivity index (χ3v) is 5.79. The number of carboxylic acid groups (broad SMARTS) is 1. The van der Waals surface area contributed by atoms with Crippen molar-refractivity contribution in [1.82, 2.24) is 15.1 Å². The lowest BCUT2D eigenvalue weighted by Gasteiger charge is -2.19. The number of sulfone groups is 1. The van der Waals surface area contributed by atoms with Crippen molar-refractivity contribution in [2.24, 2.45) is 0 Å². The molecule has 0 bridgehead atoms. The van der Waals surface area contributed by atoms with E-state index in [1.165, 1.54) is 0 Å². The second kappa shape index (κ2) is 8.60. The molecule has 2 aromatic carbocycles. The van der Waals surface area contributed by atoms with Crippen LogP contribution in [0.3, 0.4) is 0 Å². The first-order valence-electron chi connectivity index (χ1n) is 9.31. The van der Waals surface area contributed by atoms with Gasteiger partial charge in [-0.1, -0.05) is 42.5 Å². The van der Waals surface area contributed by atoms with E-state index in [1.54, 1.807) is 61.5 Å². The number of amides is 1. The third-order valence-electron chi connectivity index (χ3n) is 4.69. The van der Waals surface area contributed by atoms with E-state index in [-0.39, 0.29) is 22.8 Å². The van der Waals surface area contributed by atoms with E-state index >= 15 is 0 Å². The zero-order chi connectivity index (χ0) is 22.8. The summed E-state index contributed by atoms with van der Waals surface area (Å²) in [6.45, 7) is 1.80. The Balaban J connectivity index is 2.05. The molecule has 31 heavy (non-hydrogen) atoms. The lowest BCUT2D eigenvalue weighted by molar-refractivity contribution is -0.137. The van der Waals surface area contributed by atoms with E-state index in [2.05, 4.69) is 10.4 Å². The fourth-order valence-corrected chi connectivity index (χ4v) is 4.26. The average molecular weight is 442 g/mol. The Kier molecular flexibility index (Phi) is 6.11. The first-order valence-corrected chi connectivity index (χ1v) is 11.2. The molecule has 1 aromatic heterocycles. The highest BCUT2D eigenvalue weighted by Gasteiger charge is 2.29. The van der Waals surface area contributed by atoms with Crippen LogP contribution in [0.25, 0.3) is 5.69 Å². The SMILES string of the molecule is Cc1ccccc1C(CC(=O)O)NC(=O)c1nn(-c2ccccc2)c(S(C)(=O)=O)c1N. The van der Waals surface area contributed by atoms with Crippen LogP contribution >= 0.6 is 0 Å². The smallest absolute Gasteiger partial charge is 0.305 e. The molecule has 0 spiro atoms. The van der Waals surface area contributed by atoms with Gasteiger partial charge in [0.2, 0.25) is 0 Å². The molecule has 3 rings (SSSR count). The fourth-order valence-electron chi connectivity index (χ4n) is 3.30. The highest BCUT2D eigenvalue weighted by molar-refractivity contribution is 7.90. The Morgan fingerprint density at radius 2 is 1.74 bits per heavy atom. The van der Waals surface area contributed by atoms with E-state index in [0.29, 0.717) is 11.3 Å². The topological polar surface area (TPSA) is 144 Å². The van der Waals surface area contributed by atoms with Crippen molar-refractivity contribution in [2.75, 3.05) is 12.0 Å². The number of para-hydroxylation sites is 1. The van der Waals surface area contributed by atoms with Gasteiger partial charge in [0, 0.05) is 6.26 Å². The molecule has 4 N–H and O–H groups in total. The van der Waals surface area contributed by atoms with Crippen molar-refractivity contribution < 1.29 is 23.1 Å². The van der Waals surface area contributed by atoms with E-state index in [9.17, 15) is 23.1 Å². The van der Waals surface area contributed by atoms with Crippen molar-refractivity contribution >= 4 is 27.4 Å². The molecule has 0 radical (unpaired) electrons. The van der Waals surface area contributed by atoms with Crippen LogP contribution in [0.5, 0.6) is 0 Å². The summed E-state index contributed by atoms with van der Waals surface area (Å²) in [5.74, 6) is -1.88. The molecule has 1 amide bonds. The quantitative estimate of drug-likeness (QED) is 0.508. The van der Waals surface area contributed by atoms with Gasteiger partial charge < -0.3 is 16.2 Å². The number of benzene rings is 2. The lowest BCUT2D eigenvalue weighted by Crippen LogP contribution is -2.31. The number of carbonyl (C=O) groups excluding carboxylic acids is 1. The first-order chi connectivity index (χ1) is 14.6. The lowest BCUT2D eigenvalue weighted by atomic mass is 9.98. The normalized spacial score (nSPS) is 12.3. The second-order valence-corrected chi connectivity index (χ2v) is 9.00. The Labute approximate surface area is 179 Å². The van der Waals surface area contributed by atoms with E-state index in [1.807, 2.05) is 0 Å². The molecule has 1 atom stereocenters. The number of nitrogens with zero attached hydrogens (tertiary/aromatic N) is 2. The van der Waals surface area contributed by atoms with Gasteiger partial charge in [-0.05, 0) is 30.2 Å². The number of aliphatic carboxylic acids is 1. The number of nitrogens with one attached hydrogen (secondary N) is 1. The van der Waals surface area contributed by atoms with Gasteiger partial charge in [0.05, 0.1) is 18.2 Å². The third kappa shape index (κ3) is 4.75. The van der Waals surface area contributed by atoms with Gasteiger partial charge in [0.1, 0.15) is 5.69 Å². The zero-order valence-corrected chi connectivity index (χ0v) is 17.8. The average Bonchev–Trinajstić information content (AvgIpc) is 3.06. The molecule has 0 saturated heterocycles. The monoisotopic (exact) mass is 442 g/mol. The van der Waals surface area contributed by atoms with Crippen LogP contribution < -0.4 is 11.1 Å². The molecule has 162 valence electrons. The van der Waals surface area contributed by atoms with Crippen LogP contribution in [0.15, 0.2) is 59.6 Å². The number of nitrogens with two attached hydrogens (primary N) is 1. The standard InChI is InChI=1S/C21H22N4O5S/c1-13-8-6-7-11-15(13)16(12-17(26)27)23-20(28)19-18(22)21(31(2,29)30)25(24-19)14-9-4-3-5-10-14/h3-11,16H,12,22H2,1-2H3,(H,23,28)(H,26,27). The predicted octanol–water partition coefficient (Wildman–Crippen LogP) is 2.11. The van der Waals surface area contributed by atoms with Crippen LogP contribution in [-0.2, 0) is 14.6 Å². The Morgan fingerprint density at radius 3 is 2.32 bits per heavy atom. The molecule has 10 heteroatoms. The van der Waals surface area contributed by atoms with Gasteiger partial charge in [-0.2, -0.15) is 5.10 Å². The van der Waals surface area contributed by atoms with E-state index in [4.69, 9.17) is 5.73 Å². The summed E-state index contributed by atoms with van der Waals surface area (Å²) in [6.07, 6.45) is 0.608. The highest BCUT2D eigenvalue weighted by atomic mass is 32.2. The summed E-state index contributed by atoms with van der Waals surface area (Å²) in [5.41, 5.74) is 7.27. The van der Waals surface area contributed by atoms with Gasteiger partial charge in [-0.3, -0.25) is 9.59 Å². The van der Waals surface area contributed by atoms with Crippen LogP contribution in [0.1, 0.15) is 34.1 Å². The maximum absolute atomic E-state index is 13.0. The number of rotatable bonds is 7. The number of aryl methyl sites for hydroxylation is 1. The summed E-state index contributed by atoms with van der Waals surface area (Å²) in [5, 5.41) is 15.8. The maximum atomic E-state index is 13.0. The van der Waals surface area contributed by atoms with Crippen LogP contribution in [0.2, 0.25) is 0 Å². The largest absolute Gasteiger partial charge is 0.481 e. The highest BCUT2D eigenvalue weighted by Crippen LogP contribution is 2.27. The Bertz CT molecular complexity index is 1240. The molecule has 0 aliphatic carbocycles. The number of hydrogen-bond donors (Lipinski definition) is 3. The van der Waals surface area contributed by atoms with E-state index < -0.39 is 27.8 Å². The molecule has 0 fully saturated rings. The minimum absolute atomic E-state index is 0.298.